The number of alkyl halides is 2. The summed E-state index contributed by atoms with van der Waals surface area (Å²) in [5.41, 5.74) is 5.93. The maximum atomic E-state index is 12.7. The van der Waals surface area contributed by atoms with Gasteiger partial charge in [-0.2, -0.15) is 0 Å². The summed E-state index contributed by atoms with van der Waals surface area (Å²) in [4.78, 5) is 45.9. The molecule has 0 saturated heterocycles. The van der Waals surface area contributed by atoms with Gasteiger partial charge in [0.25, 0.3) is 0 Å². The van der Waals surface area contributed by atoms with Crippen LogP contribution in [0.15, 0.2) is 60.3 Å². The number of halogens is 2. The number of rotatable bonds is 19. The highest BCUT2D eigenvalue weighted by Gasteiger charge is 2.40. The van der Waals surface area contributed by atoms with E-state index in [0.717, 1.165) is 5.57 Å². The average Bonchev–Trinajstić information content (AvgIpc) is 3.46. The number of hydrogen-bond acceptors (Lipinski definition) is 8. The van der Waals surface area contributed by atoms with E-state index in [9.17, 15) is 34.5 Å². The molecule has 13 heteroatoms. The number of ketones is 1. The van der Waals surface area contributed by atoms with Gasteiger partial charge >= 0.3 is 12.1 Å². The Bertz CT molecular complexity index is 1180. The van der Waals surface area contributed by atoms with Gasteiger partial charge in [0, 0.05) is 24.5 Å². The fourth-order valence-corrected chi connectivity index (χ4v) is 5.23. The molecule has 46 heavy (non-hydrogen) atoms. The van der Waals surface area contributed by atoms with Crippen LogP contribution in [0.3, 0.4) is 0 Å². The van der Waals surface area contributed by atoms with Gasteiger partial charge in [0.05, 0.1) is 23.0 Å². The van der Waals surface area contributed by atoms with E-state index < -0.39 is 70.8 Å². The molecule has 0 aromatic heterocycles. The summed E-state index contributed by atoms with van der Waals surface area (Å²) in [6.45, 7) is 6.95. The maximum absolute atomic E-state index is 12.7. The molecule has 0 aliphatic heterocycles. The Labute approximate surface area is 280 Å². The molecule has 9 unspecified atom stereocenters. The molecule has 11 nitrogen and oxygen atoms in total. The highest BCUT2D eigenvalue weighted by atomic mass is 35.5. The molecule has 258 valence electrons. The Morgan fingerprint density at radius 3 is 2.33 bits per heavy atom. The van der Waals surface area contributed by atoms with E-state index in [1.54, 1.807) is 50.3 Å². The van der Waals surface area contributed by atoms with Crippen LogP contribution in [0.2, 0.25) is 0 Å². The minimum Gasteiger partial charge on any atom is -0.481 e. The minimum absolute atomic E-state index is 0.136. The molecule has 0 spiro atoms. The van der Waals surface area contributed by atoms with Gasteiger partial charge in [-0.3, -0.25) is 14.4 Å². The van der Waals surface area contributed by atoms with Crippen molar-refractivity contribution < 1.29 is 44.3 Å². The molecule has 1 aliphatic rings. The van der Waals surface area contributed by atoms with Gasteiger partial charge in [-0.1, -0.05) is 62.0 Å². The van der Waals surface area contributed by atoms with Gasteiger partial charge in [0.1, 0.15) is 17.6 Å². The van der Waals surface area contributed by atoms with Crippen molar-refractivity contribution in [3.8, 4) is 0 Å². The number of carbonyl (C=O) groups is 4. The zero-order valence-electron chi connectivity index (χ0n) is 26.7. The van der Waals surface area contributed by atoms with E-state index in [-0.39, 0.29) is 18.4 Å². The summed E-state index contributed by atoms with van der Waals surface area (Å²) in [6.07, 6.45) is 9.73. The van der Waals surface area contributed by atoms with Crippen LogP contribution in [0.5, 0.6) is 0 Å². The third kappa shape index (κ3) is 14.6. The molecule has 0 heterocycles. The topological polar surface area (TPSA) is 196 Å². The van der Waals surface area contributed by atoms with Crippen molar-refractivity contribution in [2.24, 2.45) is 17.6 Å². The molecule has 2 amide bonds. The first-order chi connectivity index (χ1) is 21.5. The van der Waals surface area contributed by atoms with E-state index in [0.29, 0.717) is 25.7 Å². The average molecular weight is 688 g/mol. The summed E-state index contributed by atoms with van der Waals surface area (Å²) >= 11 is 12.9. The van der Waals surface area contributed by atoms with Crippen molar-refractivity contribution in [1.29, 1.82) is 0 Å². The Morgan fingerprint density at radius 1 is 1.09 bits per heavy atom. The van der Waals surface area contributed by atoms with Crippen molar-refractivity contribution >= 4 is 47.0 Å². The number of aliphatic hydroxyl groups is 3. The number of carbonyl (C=O) groups excluding carboxylic acids is 3. The molecular formula is C33H48Cl2N2O9. The van der Waals surface area contributed by atoms with Crippen LogP contribution in [0, 0.1) is 11.8 Å². The van der Waals surface area contributed by atoms with Gasteiger partial charge in [-0.05, 0) is 52.0 Å². The first kappa shape index (κ1) is 41.1. The van der Waals surface area contributed by atoms with Crippen LogP contribution in [0.1, 0.15) is 66.2 Å². The van der Waals surface area contributed by atoms with Crippen LogP contribution in [-0.2, 0) is 19.1 Å². The predicted octanol–water partition coefficient (Wildman–Crippen LogP) is 4.07. The number of aliphatic hydroxyl groups excluding tert-OH is 3. The lowest BCUT2D eigenvalue weighted by molar-refractivity contribution is -0.141. The highest BCUT2D eigenvalue weighted by Crippen LogP contribution is 2.33. The van der Waals surface area contributed by atoms with E-state index in [1.165, 1.54) is 12.2 Å². The third-order valence-corrected chi connectivity index (χ3v) is 8.92. The Morgan fingerprint density at radius 2 is 1.74 bits per heavy atom. The van der Waals surface area contributed by atoms with E-state index >= 15 is 0 Å². The lowest BCUT2D eigenvalue weighted by Crippen LogP contribution is -2.47. The first-order valence-corrected chi connectivity index (χ1v) is 16.1. The van der Waals surface area contributed by atoms with Gasteiger partial charge in [0.2, 0.25) is 5.91 Å². The Hall–Kier alpha value is -2.96. The van der Waals surface area contributed by atoms with Gasteiger partial charge < -0.3 is 36.2 Å². The number of carboxylic acid groups (broad SMARTS) is 1. The fourth-order valence-electron chi connectivity index (χ4n) is 4.79. The Balaban J connectivity index is 2.63. The van der Waals surface area contributed by atoms with Crippen molar-refractivity contribution in [1.82, 2.24) is 5.32 Å². The minimum atomic E-state index is -1.85. The number of hydrogen-bond donors (Lipinski definition) is 6. The summed E-state index contributed by atoms with van der Waals surface area (Å²) in [6, 6.07) is -0.136. The molecule has 0 aromatic rings. The molecule has 0 bridgehead atoms. The van der Waals surface area contributed by atoms with Crippen molar-refractivity contribution in [2.45, 2.75) is 107 Å². The molecule has 1 aliphatic carbocycles. The number of ether oxygens (including phenoxy) is 1. The second-order valence-electron chi connectivity index (χ2n) is 11.7. The predicted molar refractivity (Wildman–Crippen MR) is 177 cm³/mol. The monoisotopic (exact) mass is 686 g/mol. The number of Topliss-reactive ketones (excluding diaryl/α,β-unsaturated/α-hetero) is 1. The molecular weight excluding hydrogens is 639 g/mol. The van der Waals surface area contributed by atoms with Crippen LogP contribution in [0.25, 0.3) is 0 Å². The van der Waals surface area contributed by atoms with E-state index in [1.807, 2.05) is 19.9 Å². The number of aliphatic carboxylic acids is 1. The number of allylic oxidation sites excluding steroid dienone is 8. The highest BCUT2D eigenvalue weighted by molar-refractivity contribution is 6.24. The second-order valence-corrected chi connectivity index (χ2v) is 13.1. The number of amides is 2. The molecule has 1 saturated carbocycles. The quantitative estimate of drug-likeness (QED) is 0.0502. The zero-order chi connectivity index (χ0) is 35.0. The number of primary amides is 1. The smallest absolute Gasteiger partial charge is 0.405 e. The lowest BCUT2D eigenvalue weighted by Gasteiger charge is -2.34. The summed E-state index contributed by atoms with van der Waals surface area (Å²) < 4.78 is 4.90. The molecule has 7 N–H and O–H groups in total. The van der Waals surface area contributed by atoms with Gasteiger partial charge in [-0.15, -0.1) is 23.2 Å². The normalized spacial score (nSPS) is 22.8. The summed E-state index contributed by atoms with van der Waals surface area (Å²) in [5.74, 6) is -3.14. The summed E-state index contributed by atoms with van der Waals surface area (Å²) in [5, 5.41) is 42.4. The van der Waals surface area contributed by atoms with Crippen LogP contribution in [-0.4, -0.2) is 84.9 Å². The van der Waals surface area contributed by atoms with Gasteiger partial charge in [-0.25, -0.2) is 4.79 Å². The van der Waals surface area contributed by atoms with Crippen molar-refractivity contribution in [2.75, 3.05) is 0 Å². The molecule has 9 atom stereocenters. The largest absolute Gasteiger partial charge is 0.481 e. The van der Waals surface area contributed by atoms with E-state index in [4.69, 9.17) is 38.8 Å². The SMILES string of the molecule is CC/C=C/C(OC(N)=O)C(Cl)C(O)CC(=O)C(O)C(O)C(C)C(C)(Cl)C/C=C/C=C(C)/C=C/C=C/C(=O)NC1CCC(C(=O)O)C1. The molecule has 0 radical (unpaired) electrons. The molecule has 0 aromatic carbocycles. The third-order valence-electron chi connectivity index (χ3n) is 7.88. The number of nitrogens with one attached hydrogen (secondary N) is 1. The van der Waals surface area contributed by atoms with Crippen LogP contribution in [0.4, 0.5) is 4.79 Å². The number of carboxylic acids is 1. The van der Waals surface area contributed by atoms with Crippen LogP contribution < -0.4 is 11.1 Å². The van der Waals surface area contributed by atoms with Crippen molar-refractivity contribution in [3.05, 3.63) is 60.3 Å². The van der Waals surface area contributed by atoms with Gasteiger partial charge in [0.15, 0.2) is 5.78 Å². The van der Waals surface area contributed by atoms with E-state index in [2.05, 4.69) is 5.32 Å². The second kappa shape index (κ2) is 20.3. The zero-order valence-corrected chi connectivity index (χ0v) is 28.2. The first-order valence-electron chi connectivity index (χ1n) is 15.2. The summed E-state index contributed by atoms with van der Waals surface area (Å²) in [7, 11) is 0. The lowest BCUT2D eigenvalue weighted by atomic mass is 9.83. The molecule has 1 fully saturated rings. The number of nitrogens with two attached hydrogens (primary N) is 1. The Kier molecular flexibility index (Phi) is 18.1. The van der Waals surface area contributed by atoms with Crippen LogP contribution >= 0.6 is 23.2 Å². The van der Waals surface area contributed by atoms with Crippen molar-refractivity contribution in [3.63, 3.8) is 0 Å². The fraction of sp³-hybridized carbons (Fsp3) is 0.576. The maximum Gasteiger partial charge on any atom is 0.405 e. The molecule has 1 rings (SSSR count). The standard InChI is InChI=1S/C33H48Cl2N2O9/c1-5-6-13-26(46-32(36)45)28(34)24(38)19-25(39)30(42)29(41)21(3)33(4,35)17-10-9-12-20(2)11-7-8-14-27(40)37-23-16-15-22(18-23)31(43)44/h6-14,21-24,26,28-30,38,41-42H,5,15-19H2,1-4H3,(H2,36,45)(H,37,40)(H,43,44)/b10-9+,11-7+,13-6+,14-8+,20-12+.